The zero-order chi connectivity index (χ0) is 22.2. The number of carbonyl (C=O) groups is 2. The molecule has 0 fully saturated rings. The maximum absolute atomic E-state index is 13.2. The molecule has 3 aromatic rings. The van der Waals surface area contributed by atoms with E-state index in [0.717, 1.165) is 17.0 Å². The van der Waals surface area contributed by atoms with Crippen molar-refractivity contribution in [1.82, 2.24) is 0 Å². The average Bonchev–Trinajstić information content (AvgIpc) is 2.97. The lowest BCUT2D eigenvalue weighted by molar-refractivity contribution is -0.137. The smallest absolute Gasteiger partial charge is 0.372 e. The van der Waals surface area contributed by atoms with Crippen molar-refractivity contribution in [3.05, 3.63) is 95.6 Å². The molecule has 8 heteroatoms. The van der Waals surface area contributed by atoms with Gasteiger partial charge in [0.1, 0.15) is 6.54 Å². The first-order chi connectivity index (χ1) is 14.7. The molecular formula is C23H17F3N2O3. The number of amides is 2. The molecule has 158 valence electrons. The summed E-state index contributed by atoms with van der Waals surface area (Å²) in [5, 5.41) is 13.7. The Bertz CT molecular complexity index is 1150. The van der Waals surface area contributed by atoms with E-state index in [4.69, 9.17) is 0 Å². The van der Waals surface area contributed by atoms with Gasteiger partial charge in [0.2, 0.25) is 5.91 Å². The Morgan fingerprint density at radius 1 is 0.968 bits per heavy atom. The Labute approximate surface area is 175 Å². The van der Waals surface area contributed by atoms with Crippen LogP contribution in [0.4, 0.5) is 24.5 Å². The fraction of sp³-hybridized carbons (Fsp3) is 0.130. The third-order valence-electron chi connectivity index (χ3n) is 5.11. The zero-order valence-corrected chi connectivity index (χ0v) is 16.1. The molecular weight excluding hydrogens is 409 g/mol. The monoisotopic (exact) mass is 426 g/mol. The molecule has 0 aromatic heterocycles. The summed E-state index contributed by atoms with van der Waals surface area (Å²) in [6.45, 7) is -0.471. The van der Waals surface area contributed by atoms with Crippen molar-refractivity contribution in [2.75, 3.05) is 16.8 Å². The van der Waals surface area contributed by atoms with Gasteiger partial charge in [-0.2, -0.15) is 13.2 Å². The van der Waals surface area contributed by atoms with E-state index >= 15 is 0 Å². The van der Waals surface area contributed by atoms with Crippen LogP contribution in [0.5, 0.6) is 0 Å². The van der Waals surface area contributed by atoms with Gasteiger partial charge in [0, 0.05) is 11.3 Å². The molecule has 0 aliphatic carbocycles. The van der Waals surface area contributed by atoms with Crippen LogP contribution in [0.15, 0.2) is 78.9 Å². The first-order valence-electron chi connectivity index (χ1n) is 9.38. The van der Waals surface area contributed by atoms with Gasteiger partial charge < -0.3 is 10.4 Å². The van der Waals surface area contributed by atoms with Crippen molar-refractivity contribution in [2.24, 2.45) is 0 Å². The summed E-state index contributed by atoms with van der Waals surface area (Å²) >= 11 is 0. The maximum Gasteiger partial charge on any atom is 0.416 e. The predicted molar refractivity (Wildman–Crippen MR) is 108 cm³/mol. The van der Waals surface area contributed by atoms with Crippen LogP contribution in [0.2, 0.25) is 0 Å². The maximum atomic E-state index is 13.2. The fourth-order valence-corrected chi connectivity index (χ4v) is 3.67. The summed E-state index contributed by atoms with van der Waals surface area (Å²) in [4.78, 5) is 26.9. The molecule has 0 spiro atoms. The number of nitrogens with one attached hydrogen (secondary N) is 1. The number of aliphatic hydroxyl groups is 1. The van der Waals surface area contributed by atoms with E-state index in [1.807, 2.05) is 0 Å². The van der Waals surface area contributed by atoms with E-state index < -0.39 is 35.7 Å². The largest absolute Gasteiger partial charge is 0.416 e. The highest BCUT2D eigenvalue weighted by Crippen LogP contribution is 2.44. The number of fused-ring (bicyclic) bond motifs is 1. The molecule has 0 radical (unpaired) electrons. The summed E-state index contributed by atoms with van der Waals surface area (Å²) in [7, 11) is 0. The molecule has 2 amide bonds. The molecule has 1 aliphatic heterocycles. The van der Waals surface area contributed by atoms with E-state index in [2.05, 4.69) is 5.32 Å². The van der Waals surface area contributed by atoms with Crippen molar-refractivity contribution >= 4 is 23.2 Å². The summed E-state index contributed by atoms with van der Waals surface area (Å²) < 4.78 is 38.7. The van der Waals surface area contributed by atoms with Crippen LogP contribution in [0.25, 0.3) is 0 Å². The minimum Gasteiger partial charge on any atom is -0.372 e. The van der Waals surface area contributed by atoms with Crippen LogP contribution in [0.3, 0.4) is 0 Å². The number of nitrogens with zero attached hydrogens (tertiary/aromatic N) is 1. The first-order valence-corrected chi connectivity index (χ1v) is 9.38. The third-order valence-corrected chi connectivity index (χ3v) is 5.11. The summed E-state index contributed by atoms with van der Waals surface area (Å²) in [5.41, 5.74) is -1.86. The Hall–Kier alpha value is -3.65. The lowest BCUT2D eigenvalue weighted by atomic mass is 9.88. The van der Waals surface area contributed by atoms with E-state index in [9.17, 15) is 27.9 Å². The quantitative estimate of drug-likeness (QED) is 0.664. The number of alkyl halides is 3. The van der Waals surface area contributed by atoms with Gasteiger partial charge in [-0.05, 0) is 29.8 Å². The number of anilines is 2. The van der Waals surface area contributed by atoms with Gasteiger partial charge in [-0.25, -0.2) is 0 Å². The molecule has 1 aliphatic rings. The molecule has 5 nitrogen and oxygen atoms in total. The summed E-state index contributed by atoms with van der Waals surface area (Å²) in [6, 6.07) is 19.1. The highest BCUT2D eigenvalue weighted by molar-refractivity contribution is 6.12. The normalized spacial score (nSPS) is 18.1. The standard InChI is InChI=1S/C23H17F3N2O3/c24-23(25,26)16-9-6-10-17(13-16)27-20(29)14-28-19-12-5-4-11-18(19)22(31,21(28)30)15-7-2-1-3-8-15/h1-13,31H,14H2,(H,27,29)/t22-/m0/s1. The van der Waals surface area contributed by atoms with E-state index in [1.54, 1.807) is 54.6 Å². The highest BCUT2D eigenvalue weighted by atomic mass is 19.4. The highest BCUT2D eigenvalue weighted by Gasteiger charge is 2.51. The molecule has 0 bridgehead atoms. The van der Waals surface area contributed by atoms with Crippen molar-refractivity contribution < 1.29 is 27.9 Å². The van der Waals surface area contributed by atoms with Crippen LogP contribution < -0.4 is 10.2 Å². The topological polar surface area (TPSA) is 69.6 Å². The fourth-order valence-electron chi connectivity index (χ4n) is 3.67. The van der Waals surface area contributed by atoms with Crippen LogP contribution in [0, 0.1) is 0 Å². The molecule has 2 N–H and O–H groups in total. The van der Waals surface area contributed by atoms with Crippen molar-refractivity contribution in [2.45, 2.75) is 11.8 Å². The second kappa shape index (κ2) is 7.55. The summed E-state index contributed by atoms with van der Waals surface area (Å²) in [6.07, 6.45) is -4.54. The number of rotatable bonds is 4. The van der Waals surface area contributed by atoms with Crippen LogP contribution in [-0.4, -0.2) is 23.5 Å². The molecule has 1 heterocycles. The molecule has 3 aromatic carbocycles. The Morgan fingerprint density at radius 2 is 1.65 bits per heavy atom. The predicted octanol–water partition coefficient (Wildman–Crippen LogP) is 3.93. The van der Waals surface area contributed by atoms with Gasteiger partial charge in [-0.15, -0.1) is 0 Å². The second-order valence-electron chi connectivity index (χ2n) is 7.11. The van der Waals surface area contributed by atoms with Gasteiger partial charge in [-0.1, -0.05) is 54.6 Å². The number of para-hydroxylation sites is 1. The molecule has 1 atom stereocenters. The van der Waals surface area contributed by atoms with Gasteiger partial charge in [-0.3, -0.25) is 14.5 Å². The number of hydrogen-bond donors (Lipinski definition) is 2. The lowest BCUT2D eigenvalue weighted by Gasteiger charge is -2.23. The molecule has 0 saturated carbocycles. The Morgan fingerprint density at radius 3 is 2.35 bits per heavy atom. The van der Waals surface area contributed by atoms with Gasteiger partial charge in [0.05, 0.1) is 11.3 Å². The van der Waals surface area contributed by atoms with Gasteiger partial charge in [0.15, 0.2) is 5.60 Å². The Kier molecular flexibility index (Phi) is 5.02. The minimum atomic E-state index is -4.54. The van der Waals surface area contributed by atoms with E-state index in [-0.39, 0.29) is 5.69 Å². The van der Waals surface area contributed by atoms with E-state index in [1.165, 1.54) is 12.1 Å². The number of halogens is 3. The Balaban J connectivity index is 1.61. The van der Waals surface area contributed by atoms with Crippen molar-refractivity contribution in [3.63, 3.8) is 0 Å². The number of benzene rings is 3. The molecule has 0 unspecified atom stereocenters. The number of hydrogen-bond acceptors (Lipinski definition) is 3. The molecule has 4 rings (SSSR count). The SMILES string of the molecule is O=C(CN1C(=O)[C@](O)(c2ccccc2)c2ccccc21)Nc1cccc(C(F)(F)F)c1. The van der Waals surface area contributed by atoms with Gasteiger partial charge >= 0.3 is 6.18 Å². The van der Waals surface area contributed by atoms with Crippen molar-refractivity contribution in [3.8, 4) is 0 Å². The van der Waals surface area contributed by atoms with Crippen LogP contribution >= 0.6 is 0 Å². The molecule has 31 heavy (non-hydrogen) atoms. The second-order valence-corrected chi connectivity index (χ2v) is 7.11. The molecule has 0 saturated heterocycles. The first kappa shape index (κ1) is 20.6. The minimum absolute atomic E-state index is 0.0434. The lowest BCUT2D eigenvalue weighted by Crippen LogP contribution is -2.44. The number of carbonyl (C=O) groups excluding carboxylic acids is 2. The average molecular weight is 426 g/mol. The van der Waals surface area contributed by atoms with Gasteiger partial charge in [0.25, 0.3) is 5.91 Å². The van der Waals surface area contributed by atoms with E-state index in [0.29, 0.717) is 16.8 Å². The van der Waals surface area contributed by atoms with Crippen molar-refractivity contribution in [1.29, 1.82) is 0 Å². The zero-order valence-electron chi connectivity index (χ0n) is 16.1. The van der Waals surface area contributed by atoms with Crippen LogP contribution in [0.1, 0.15) is 16.7 Å². The van der Waals surface area contributed by atoms with Crippen LogP contribution in [-0.2, 0) is 21.4 Å². The third kappa shape index (κ3) is 3.66. The summed E-state index contributed by atoms with van der Waals surface area (Å²) in [5.74, 6) is -1.40.